The van der Waals surface area contributed by atoms with Crippen LogP contribution >= 0.6 is 12.4 Å². The number of rotatable bonds is 3. The van der Waals surface area contributed by atoms with Crippen molar-refractivity contribution in [3.63, 3.8) is 0 Å². The monoisotopic (exact) mass is 242 g/mol. The van der Waals surface area contributed by atoms with Gasteiger partial charge in [-0.1, -0.05) is 18.2 Å². The summed E-state index contributed by atoms with van der Waals surface area (Å²) in [5.74, 6) is 0. The summed E-state index contributed by atoms with van der Waals surface area (Å²) in [4.78, 5) is 0. The molecule has 0 unspecified atom stereocenters. The lowest BCUT2D eigenvalue weighted by Crippen LogP contribution is -2.10. The molecule has 0 saturated carbocycles. The maximum absolute atomic E-state index is 12.2. The van der Waals surface area contributed by atoms with Crippen LogP contribution in [0.15, 0.2) is 30.5 Å². The Morgan fingerprint density at radius 1 is 1.38 bits per heavy atom. The van der Waals surface area contributed by atoms with E-state index in [1.807, 2.05) is 42.1 Å². The molecule has 1 atom stereocenters. The first kappa shape index (κ1) is 13.0. The van der Waals surface area contributed by atoms with Crippen LogP contribution in [0, 0.1) is 0 Å². The van der Waals surface area contributed by atoms with E-state index in [0.29, 0.717) is 6.42 Å². The summed E-state index contributed by atoms with van der Waals surface area (Å²) in [5.41, 5.74) is 8.11. The second-order valence-electron chi connectivity index (χ2n) is 3.80. The van der Waals surface area contributed by atoms with Crippen LogP contribution in [0.2, 0.25) is 0 Å². The van der Waals surface area contributed by atoms with E-state index in [4.69, 9.17) is 5.73 Å². The van der Waals surface area contributed by atoms with Gasteiger partial charge in [0.15, 0.2) is 0 Å². The van der Waals surface area contributed by atoms with E-state index in [-0.39, 0.29) is 25.1 Å². The Morgan fingerprint density at radius 3 is 2.75 bits per heavy atom. The van der Waals surface area contributed by atoms with Gasteiger partial charge >= 0.3 is 0 Å². The van der Waals surface area contributed by atoms with Crippen molar-refractivity contribution >= 4 is 23.3 Å². The Bertz CT molecular complexity index is 467. The van der Waals surface area contributed by atoms with E-state index in [0.717, 1.165) is 16.5 Å². The first-order valence-corrected chi connectivity index (χ1v) is 5.09. The molecule has 1 heterocycles. The third kappa shape index (κ3) is 2.20. The number of hydrogen-bond donors (Lipinski definition) is 1. The molecule has 0 aliphatic rings. The average molecular weight is 243 g/mol. The van der Waals surface area contributed by atoms with E-state index in [9.17, 15) is 4.39 Å². The van der Waals surface area contributed by atoms with Gasteiger partial charge in [0, 0.05) is 30.2 Å². The number of aromatic nitrogens is 1. The van der Waals surface area contributed by atoms with Gasteiger partial charge < -0.3 is 10.3 Å². The summed E-state index contributed by atoms with van der Waals surface area (Å²) < 4.78 is 14.3. The number of hydrogen-bond acceptors (Lipinski definition) is 1. The van der Waals surface area contributed by atoms with E-state index < -0.39 is 0 Å². The van der Waals surface area contributed by atoms with E-state index in [1.54, 1.807) is 0 Å². The smallest absolute Gasteiger partial charge is 0.0912 e. The molecule has 0 aliphatic heterocycles. The van der Waals surface area contributed by atoms with Crippen LogP contribution in [0.4, 0.5) is 4.39 Å². The lowest BCUT2D eigenvalue weighted by molar-refractivity contribution is 0.442. The Balaban J connectivity index is 0.00000128. The number of nitrogens with two attached hydrogens (primary N) is 1. The average Bonchev–Trinajstić information content (AvgIpc) is 2.58. The fourth-order valence-corrected chi connectivity index (χ4v) is 1.94. The number of alkyl halides is 1. The van der Waals surface area contributed by atoms with Crippen LogP contribution in [0.25, 0.3) is 10.9 Å². The van der Waals surface area contributed by atoms with Crippen molar-refractivity contribution in [1.29, 1.82) is 0 Å². The van der Waals surface area contributed by atoms with Crippen LogP contribution in [0.3, 0.4) is 0 Å². The zero-order valence-electron chi connectivity index (χ0n) is 9.19. The van der Waals surface area contributed by atoms with Crippen molar-refractivity contribution in [2.24, 2.45) is 12.8 Å². The molecule has 2 rings (SSSR count). The molecule has 1 aromatic carbocycles. The van der Waals surface area contributed by atoms with Crippen molar-refractivity contribution in [1.82, 2.24) is 4.57 Å². The molecule has 0 radical (unpaired) electrons. The van der Waals surface area contributed by atoms with Crippen LogP contribution in [0.5, 0.6) is 0 Å². The molecule has 4 heteroatoms. The molecule has 0 aliphatic carbocycles. The van der Waals surface area contributed by atoms with Crippen molar-refractivity contribution < 1.29 is 4.39 Å². The molecule has 0 amide bonds. The summed E-state index contributed by atoms with van der Waals surface area (Å²) in [6, 6.07) is 7.84. The molecule has 2 aromatic rings. The first-order chi connectivity index (χ1) is 7.24. The Labute approximate surface area is 101 Å². The fraction of sp³-hybridized carbons (Fsp3) is 0.333. The zero-order valence-corrected chi connectivity index (χ0v) is 10.0. The highest BCUT2D eigenvalue weighted by molar-refractivity contribution is 5.85. The van der Waals surface area contributed by atoms with Gasteiger partial charge in [0.2, 0.25) is 0 Å². The largest absolute Gasteiger partial charge is 0.350 e. The van der Waals surface area contributed by atoms with E-state index in [1.165, 1.54) is 0 Å². The Hall–Kier alpha value is -1.06. The van der Waals surface area contributed by atoms with Gasteiger partial charge in [-0.25, -0.2) is 0 Å². The third-order valence-corrected chi connectivity index (χ3v) is 2.75. The Kier molecular flexibility index (Phi) is 4.33. The predicted molar refractivity (Wildman–Crippen MR) is 67.7 cm³/mol. The fourth-order valence-electron chi connectivity index (χ4n) is 1.94. The van der Waals surface area contributed by atoms with E-state index in [2.05, 4.69) is 0 Å². The highest BCUT2D eigenvalue weighted by Crippen LogP contribution is 2.26. The minimum Gasteiger partial charge on any atom is -0.350 e. The highest BCUT2D eigenvalue weighted by atomic mass is 35.5. The molecule has 88 valence electrons. The molecule has 0 bridgehead atoms. The lowest BCUT2D eigenvalue weighted by Gasteiger charge is -2.07. The van der Waals surface area contributed by atoms with Crippen molar-refractivity contribution in [2.75, 3.05) is 6.67 Å². The van der Waals surface area contributed by atoms with Gasteiger partial charge in [-0.05, 0) is 18.1 Å². The normalized spacial score (nSPS) is 12.4. The highest BCUT2D eigenvalue weighted by Gasteiger charge is 2.12. The molecule has 2 nitrogen and oxygen atoms in total. The molecule has 1 aromatic heterocycles. The molecule has 0 saturated heterocycles. The Morgan fingerprint density at radius 2 is 2.06 bits per heavy atom. The summed E-state index contributed by atoms with van der Waals surface area (Å²) in [6.07, 6.45) is 2.37. The van der Waals surface area contributed by atoms with Crippen LogP contribution in [0.1, 0.15) is 18.0 Å². The molecule has 2 N–H and O–H groups in total. The maximum Gasteiger partial charge on any atom is 0.0912 e. The molecule has 0 spiro atoms. The first-order valence-electron chi connectivity index (χ1n) is 5.09. The predicted octanol–water partition coefficient (Wildman–Crippen LogP) is 2.96. The quantitative estimate of drug-likeness (QED) is 0.882. The van der Waals surface area contributed by atoms with Gasteiger partial charge in [0.05, 0.1) is 6.67 Å². The number of benzene rings is 1. The van der Waals surface area contributed by atoms with Crippen molar-refractivity contribution in [3.05, 3.63) is 36.0 Å². The minimum absolute atomic E-state index is 0. The molecule has 16 heavy (non-hydrogen) atoms. The standard InChI is InChI=1S/C12H15FN2.ClH/c1-15-8-10(11(14)6-7-13)9-4-2-3-5-12(9)15;/h2-5,8,11H,6-7,14H2,1H3;1H/t11-;/m0./s1. The van der Waals surface area contributed by atoms with Gasteiger partial charge in [-0.2, -0.15) is 0 Å². The summed E-state index contributed by atoms with van der Waals surface area (Å²) >= 11 is 0. The van der Waals surface area contributed by atoms with Crippen LogP contribution in [-0.2, 0) is 7.05 Å². The summed E-state index contributed by atoms with van der Waals surface area (Å²) in [6.45, 7) is -0.371. The molecular formula is C12H16ClFN2. The molecular weight excluding hydrogens is 227 g/mol. The lowest BCUT2D eigenvalue weighted by atomic mass is 10.0. The van der Waals surface area contributed by atoms with Crippen LogP contribution < -0.4 is 5.73 Å². The molecule has 0 fully saturated rings. The number of fused-ring (bicyclic) bond motifs is 1. The van der Waals surface area contributed by atoms with Crippen molar-refractivity contribution in [2.45, 2.75) is 12.5 Å². The number of para-hydroxylation sites is 1. The maximum atomic E-state index is 12.2. The van der Waals surface area contributed by atoms with E-state index >= 15 is 0 Å². The van der Waals surface area contributed by atoms with Gasteiger partial charge in [-0.3, -0.25) is 4.39 Å². The number of nitrogens with zero attached hydrogens (tertiary/aromatic N) is 1. The summed E-state index contributed by atoms with van der Waals surface area (Å²) in [7, 11) is 1.98. The summed E-state index contributed by atoms with van der Waals surface area (Å²) in [5, 5.41) is 1.13. The van der Waals surface area contributed by atoms with Crippen LogP contribution in [-0.4, -0.2) is 11.2 Å². The number of halogens is 2. The topological polar surface area (TPSA) is 30.9 Å². The van der Waals surface area contributed by atoms with Gasteiger partial charge in [0.1, 0.15) is 0 Å². The second kappa shape index (κ2) is 5.32. The van der Waals surface area contributed by atoms with Crippen molar-refractivity contribution in [3.8, 4) is 0 Å². The minimum atomic E-state index is -0.371. The SMILES string of the molecule is Cl.Cn1cc([C@@H](N)CCF)c2ccccc21. The van der Waals surface area contributed by atoms with Gasteiger partial charge in [0.25, 0.3) is 0 Å². The van der Waals surface area contributed by atoms with Gasteiger partial charge in [-0.15, -0.1) is 12.4 Å². The number of aryl methyl sites for hydroxylation is 1. The third-order valence-electron chi connectivity index (χ3n) is 2.75. The zero-order chi connectivity index (χ0) is 10.8. The second-order valence-corrected chi connectivity index (χ2v) is 3.80.